The van der Waals surface area contributed by atoms with Crippen molar-refractivity contribution in [1.29, 1.82) is 0 Å². The van der Waals surface area contributed by atoms with E-state index in [4.69, 9.17) is 5.73 Å². The number of amides is 2. The highest BCUT2D eigenvalue weighted by molar-refractivity contribution is 5.99. The van der Waals surface area contributed by atoms with Gasteiger partial charge in [-0.1, -0.05) is 0 Å². The lowest BCUT2D eigenvalue weighted by Crippen LogP contribution is -2.55. The molecule has 1 unspecified atom stereocenters. The van der Waals surface area contributed by atoms with Crippen LogP contribution in [0.2, 0.25) is 0 Å². The van der Waals surface area contributed by atoms with E-state index in [9.17, 15) is 19.7 Å². The number of nitro groups is 1. The van der Waals surface area contributed by atoms with Gasteiger partial charge < -0.3 is 16.0 Å². The van der Waals surface area contributed by atoms with Crippen LogP contribution in [0.3, 0.4) is 0 Å². The highest BCUT2D eigenvalue weighted by Gasteiger charge is 2.30. The van der Waals surface area contributed by atoms with Gasteiger partial charge in [0.1, 0.15) is 11.7 Å². The molecule has 2 amide bonds. The van der Waals surface area contributed by atoms with Crippen LogP contribution in [0.25, 0.3) is 0 Å². The summed E-state index contributed by atoms with van der Waals surface area (Å²) in [7, 11) is 0. The molecule has 1 atom stereocenters. The molecule has 1 saturated heterocycles. The fourth-order valence-corrected chi connectivity index (χ4v) is 2.06. The Hall–Kier alpha value is -2.64. The molecule has 1 aromatic carbocycles. The van der Waals surface area contributed by atoms with Crippen molar-refractivity contribution in [2.24, 2.45) is 0 Å². The first-order chi connectivity index (χ1) is 9.41. The van der Waals surface area contributed by atoms with E-state index in [0.717, 1.165) is 6.07 Å². The maximum absolute atomic E-state index is 12.3. The summed E-state index contributed by atoms with van der Waals surface area (Å²) in [6.45, 7) is 2.34. The number of nitrogens with zero attached hydrogens (tertiary/aromatic N) is 2. The Kier molecular flexibility index (Phi) is 3.55. The lowest BCUT2D eigenvalue weighted by atomic mass is 10.1. The van der Waals surface area contributed by atoms with Crippen molar-refractivity contribution in [3.63, 3.8) is 0 Å². The second kappa shape index (κ2) is 5.16. The van der Waals surface area contributed by atoms with Crippen LogP contribution in [-0.4, -0.2) is 40.8 Å². The quantitative estimate of drug-likeness (QED) is 0.453. The zero-order valence-corrected chi connectivity index (χ0v) is 10.8. The molecular formula is C12H14N4O4. The fraction of sp³-hybridized carbons (Fsp3) is 0.333. The Morgan fingerprint density at radius 2 is 2.25 bits per heavy atom. The second-order valence-corrected chi connectivity index (χ2v) is 4.50. The van der Waals surface area contributed by atoms with Gasteiger partial charge in [0.2, 0.25) is 5.91 Å². The van der Waals surface area contributed by atoms with Gasteiger partial charge in [0.05, 0.1) is 4.92 Å². The number of carbonyl (C=O) groups is 2. The monoisotopic (exact) mass is 278 g/mol. The molecule has 0 radical (unpaired) electrons. The minimum Gasteiger partial charge on any atom is -0.393 e. The van der Waals surface area contributed by atoms with Crippen LogP contribution in [0.15, 0.2) is 18.2 Å². The summed E-state index contributed by atoms with van der Waals surface area (Å²) in [4.78, 5) is 35.4. The number of nitrogen functional groups attached to an aromatic ring is 1. The van der Waals surface area contributed by atoms with Crippen molar-refractivity contribution in [3.8, 4) is 0 Å². The van der Waals surface area contributed by atoms with Crippen molar-refractivity contribution >= 4 is 23.2 Å². The minimum atomic E-state index is -0.640. The number of piperazine rings is 1. The third-order valence-electron chi connectivity index (χ3n) is 3.23. The molecule has 2 rings (SSSR count). The number of rotatable bonds is 2. The van der Waals surface area contributed by atoms with Gasteiger partial charge in [-0.3, -0.25) is 19.7 Å². The Bertz CT molecular complexity index is 587. The molecule has 106 valence electrons. The predicted octanol–water partition coefficient (Wildman–Crippen LogP) is 0.138. The summed E-state index contributed by atoms with van der Waals surface area (Å²) in [6.07, 6.45) is 0. The van der Waals surface area contributed by atoms with Crippen molar-refractivity contribution in [2.75, 3.05) is 18.8 Å². The summed E-state index contributed by atoms with van der Waals surface area (Å²) in [6, 6.07) is 3.27. The Morgan fingerprint density at radius 1 is 1.55 bits per heavy atom. The number of nitro benzene ring substituents is 1. The number of anilines is 1. The smallest absolute Gasteiger partial charge is 0.292 e. The Balaban J connectivity index is 2.31. The van der Waals surface area contributed by atoms with E-state index < -0.39 is 16.9 Å². The summed E-state index contributed by atoms with van der Waals surface area (Å²) < 4.78 is 0. The van der Waals surface area contributed by atoms with Crippen LogP contribution in [0.1, 0.15) is 17.3 Å². The number of nitrogens with one attached hydrogen (secondary N) is 1. The minimum absolute atomic E-state index is 0.00372. The van der Waals surface area contributed by atoms with Crippen LogP contribution < -0.4 is 11.1 Å². The third-order valence-corrected chi connectivity index (χ3v) is 3.23. The maximum Gasteiger partial charge on any atom is 0.292 e. The fourth-order valence-electron chi connectivity index (χ4n) is 2.06. The van der Waals surface area contributed by atoms with Gasteiger partial charge in [0.15, 0.2) is 0 Å². The van der Waals surface area contributed by atoms with Crippen LogP contribution in [0.5, 0.6) is 0 Å². The average Bonchev–Trinajstić information content (AvgIpc) is 2.41. The van der Waals surface area contributed by atoms with E-state index in [1.54, 1.807) is 6.92 Å². The molecule has 8 nitrogen and oxygen atoms in total. The van der Waals surface area contributed by atoms with E-state index in [0.29, 0.717) is 13.1 Å². The normalized spacial score (nSPS) is 18.6. The largest absolute Gasteiger partial charge is 0.393 e. The topological polar surface area (TPSA) is 119 Å². The molecule has 20 heavy (non-hydrogen) atoms. The first-order valence-corrected chi connectivity index (χ1v) is 6.04. The molecule has 8 heteroatoms. The molecule has 3 N–H and O–H groups in total. The molecular weight excluding hydrogens is 264 g/mol. The maximum atomic E-state index is 12.3. The third kappa shape index (κ3) is 2.40. The summed E-state index contributed by atoms with van der Waals surface area (Å²) in [5.41, 5.74) is 5.31. The van der Waals surface area contributed by atoms with Crippen LogP contribution >= 0.6 is 0 Å². The Labute approximate surface area is 114 Å². The summed E-state index contributed by atoms with van der Waals surface area (Å²) in [5, 5.41) is 13.5. The van der Waals surface area contributed by atoms with Gasteiger partial charge in [-0.15, -0.1) is 0 Å². The van der Waals surface area contributed by atoms with Crippen molar-refractivity contribution in [2.45, 2.75) is 13.0 Å². The zero-order valence-electron chi connectivity index (χ0n) is 10.8. The molecule has 0 aliphatic carbocycles. The van der Waals surface area contributed by atoms with E-state index in [1.165, 1.54) is 17.0 Å². The standard InChI is InChI=1S/C12H14N4O4/c1-7-11(17)14-4-5-15(7)12(18)8-2-3-9(13)10(6-8)16(19)20/h2-3,6-7H,4-5,13H2,1H3,(H,14,17). The van der Waals surface area contributed by atoms with Crippen molar-refractivity contribution < 1.29 is 14.5 Å². The molecule has 1 aromatic rings. The number of hydrogen-bond donors (Lipinski definition) is 2. The van der Waals surface area contributed by atoms with Crippen LogP contribution in [-0.2, 0) is 4.79 Å². The average molecular weight is 278 g/mol. The molecule has 1 heterocycles. The summed E-state index contributed by atoms with van der Waals surface area (Å²) in [5.74, 6) is -0.662. The summed E-state index contributed by atoms with van der Waals surface area (Å²) >= 11 is 0. The second-order valence-electron chi connectivity index (χ2n) is 4.50. The predicted molar refractivity (Wildman–Crippen MR) is 71.0 cm³/mol. The highest BCUT2D eigenvalue weighted by atomic mass is 16.6. The highest BCUT2D eigenvalue weighted by Crippen LogP contribution is 2.23. The van der Waals surface area contributed by atoms with E-state index in [1.807, 2.05) is 0 Å². The first-order valence-electron chi connectivity index (χ1n) is 6.04. The molecule has 1 aliphatic heterocycles. The van der Waals surface area contributed by atoms with Crippen molar-refractivity contribution in [1.82, 2.24) is 10.2 Å². The Morgan fingerprint density at radius 3 is 2.90 bits per heavy atom. The lowest BCUT2D eigenvalue weighted by Gasteiger charge is -2.32. The van der Waals surface area contributed by atoms with E-state index in [2.05, 4.69) is 5.32 Å². The molecule has 1 aliphatic rings. The van der Waals surface area contributed by atoms with Gasteiger partial charge in [0, 0.05) is 24.7 Å². The first kappa shape index (κ1) is 13.8. The molecule has 0 saturated carbocycles. The molecule has 0 aromatic heterocycles. The van der Waals surface area contributed by atoms with Gasteiger partial charge in [-0.2, -0.15) is 0 Å². The van der Waals surface area contributed by atoms with Crippen LogP contribution in [0.4, 0.5) is 11.4 Å². The molecule has 1 fully saturated rings. The zero-order chi connectivity index (χ0) is 14.9. The van der Waals surface area contributed by atoms with Gasteiger partial charge in [-0.25, -0.2) is 0 Å². The number of hydrogen-bond acceptors (Lipinski definition) is 5. The van der Waals surface area contributed by atoms with Gasteiger partial charge in [-0.05, 0) is 19.1 Å². The molecule has 0 spiro atoms. The van der Waals surface area contributed by atoms with Crippen LogP contribution in [0, 0.1) is 10.1 Å². The lowest BCUT2D eigenvalue weighted by molar-refractivity contribution is -0.383. The van der Waals surface area contributed by atoms with Crippen molar-refractivity contribution in [3.05, 3.63) is 33.9 Å². The molecule has 0 bridgehead atoms. The SMILES string of the molecule is CC1C(=O)NCCN1C(=O)c1ccc(N)c([N+](=O)[O-])c1. The van der Waals surface area contributed by atoms with Gasteiger partial charge >= 0.3 is 0 Å². The van der Waals surface area contributed by atoms with Gasteiger partial charge in [0.25, 0.3) is 11.6 Å². The number of nitrogens with two attached hydrogens (primary N) is 1. The van der Waals surface area contributed by atoms with E-state index >= 15 is 0 Å². The van der Waals surface area contributed by atoms with E-state index in [-0.39, 0.29) is 22.8 Å². The number of carbonyl (C=O) groups excluding carboxylic acids is 2. The number of benzene rings is 1.